The van der Waals surface area contributed by atoms with Crippen LogP contribution in [0.25, 0.3) is 16.9 Å². The zero-order valence-electron chi connectivity index (χ0n) is 14.8. The number of para-hydroxylation sites is 1. The average molecular weight is 361 g/mol. The fourth-order valence-corrected chi connectivity index (χ4v) is 2.68. The molecule has 0 unspecified atom stereocenters. The Morgan fingerprint density at radius 2 is 1.67 bits per heavy atom. The lowest BCUT2D eigenvalue weighted by atomic mass is 10.1. The van der Waals surface area contributed by atoms with Gasteiger partial charge >= 0.3 is 5.97 Å². The third-order valence-corrected chi connectivity index (χ3v) is 4.01. The van der Waals surface area contributed by atoms with Gasteiger partial charge in [0.1, 0.15) is 0 Å². The van der Waals surface area contributed by atoms with Crippen molar-refractivity contribution in [2.45, 2.75) is 6.54 Å². The average Bonchev–Trinajstić information content (AvgIpc) is 3.11. The van der Waals surface area contributed by atoms with Gasteiger partial charge in [0.15, 0.2) is 0 Å². The summed E-state index contributed by atoms with van der Waals surface area (Å²) in [7, 11) is 1.63. The number of amides is 1. The van der Waals surface area contributed by atoms with Crippen LogP contribution in [-0.4, -0.2) is 38.7 Å². The van der Waals surface area contributed by atoms with Crippen molar-refractivity contribution in [3.63, 3.8) is 0 Å². The molecule has 0 atom stereocenters. The van der Waals surface area contributed by atoms with E-state index in [4.69, 9.17) is 10.2 Å². The summed E-state index contributed by atoms with van der Waals surface area (Å²) >= 11 is 0. The van der Waals surface area contributed by atoms with Crippen molar-refractivity contribution < 1.29 is 14.7 Å². The molecule has 6 nitrogen and oxygen atoms in total. The van der Waals surface area contributed by atoms with Crippen LogP contribution >= 0.6 is 0 Å². The Balaban J connectivity index is 1.94. The van der Waals surface area contributed by atoms with Crippen LogP contribution in [0.4, 0.5) is 0 Å². The molecule has 0 fully saturated rings. The first-order chi connectivity index (χ1) is 13.0. The molecule has 3 aromatic rings. The highest BCUT2D eigenvalue weighted by Gasteiger charge is 2.15. The number of carbonyl (C=O) groups is 2. The van der Waals surface area contributed by atoms with Gasteiger partial charge in [-0.15, -0.1) is 0 Å². The molecule has 27 heavy (non-hydrogen) atoms. The Kier molecular flexibility index (Phi) is 5.47. The van der Waals surface area contributed by atoms with Crippen molar-refractivity contribution in [3.05, 3.63) is 84.6 Å². The molecule has 1 amide bonds. The lowest BCUT2D eigenvalue weighted by molar-refractivity contribution is -0.132. The second-order valence-electron chi connectivity index (χ2n) is 6.01. The number of carbonyl (C=O) groups excluding carboxylic acids is 1. The van der Waals surface area contributed by atoms with Crippen LogP contribution in [0.3, 0.4) is 0 Å². The number of hydrogen-bond acceptors (Lipinski definition) is 3. The van der Waals surface area contributed by atoms with E-state index in [1.54, 1.807) is 11.7 Å². The van der Waals surface area contributed by atoms with E-state index in [1.165, 1.54) is 4.90 Å². The molecule has 1 aromatic heterocycles. The molecule has 6 heteroatoms. The number of rotatable bonds is 6. The lowest BCUT2D eigenvalue weighted by Crippen LogP contribution is -2.24. The predicted octanol–water partition coefficient (Wildman–Crippen LogP) is 3.14. The van der Waals surface area contributed by atoms with Crippen LogP contribution in [0.2, 0.25) is 0 Å². The van der Waals surface area contributed by atoms with Gasteiger partial charge < -0.3 is 10.0 Å². The number of carboxylic acid groups (broad SMARTS) is 1. The fraction of sp³-hybridized carbons (Fsp3) is 0.0952. The maximum Gasteiger partial charge on any atom is 0.328 e. The number of aromatic nitrogens is 2. The first-order valence-electron chi connectivity index (χ1n) is 8.40. The highest BCUT2D eigenvalue weighted by atomic mass is 16.4. The highest BCUT2D eigenvalue weighted by Crippen LogP contribution is 2.24. The minimum atomic E-state index is -1.15. The number of likely N-dealkylation sites (N-methyl/N-ethyl adjacent to an activating group) is 1. The Bertz CT molecular complexity index is 963. The van der Waals surface area contributed by atoms with Crippen LogP contribution in [0.5, 0.6) is 0 Å². The van der Waals surface area contributed by atoms with Crippen LogP contribution in [0, 0.1) is 0 Å². The first-order valence-corrected chi connectivity index (χ1v) is 8.40. The van der Waals surface area contributed by atoms with Crippen LogP contribution in [0.1, 0.15) is 5.56 Å². The predicted molar refractivity (Wildman–Crippen MR) is 102 cm³/mol. The largest absolute Gasteiger partial charge is 0.478 e. The number of hydrogen-bond donors (Lipinski definition) is 1. The van der Waals surface area contributed by atoms with E-state index in [2.05, 4.69) is 0 Å². The van der Waals surface area contributed by atoms with Gasteiger partial charge in [-0.25, -0.2) is 9.48 Å². The fourth-order valence-electron chi connectivity index (χ4n) is 2.68. The number of nitrogens with zero attached hydrogens (tertiary/aromatic N) is 3. The highest BCUT2D eigenvalue weighted by molar-refractivity contribution is 5.93. The van der Waals surface area contributed by atoms with E-state index in [0.717, 1.165) is 34.7 Å². The number of aliphatic carboxylic acids is 1. The quantitative estimate of drug-likeness (QED) is 0.685. The van der Waals surface area contributed by atoms with Gasteiger partial charge in [0, 0.05) is 43.1 Å². The summed E-state index contributed by atoms with van der Waals surface area (Å²) < 4.78 is 1.78. The molecule has 0 aliphatic rings. The third-order valence-electron chi connectivity index (χ3n) is 4.01. The van der Waals surface area contributed by atoms with Crippen LogP contribution in [-0.2, 0) is 16.1 Å². The van der Waals surface area contributed by atoms with Crippen molar-refractivity contribution in [2.75, 3.05) is 7.05 Å². The van der Waals surface area contributed by atoms with Crippen molar-refractivity contribution in [2.24, 2.45) is 0 Å². The monoisotopic (exact) mass is 361 g/mol. The smallest absolute Gasteiger partial charge is 0.328 e. The van der Waals surface area contributed by atoms with Crippen LogP contribution in [0.15, 0.2) is 79.0 Å². The molecule has 0 saturated heterocycles. The molecular weight excluding hydrogens is 342 g/mol. The summed E-state index contributed by atoms with van der Waals surface area (Å²) in [5.41, 5.74) is 3.51. The van der Waals surface area contributed by atoms with Crippen molar-refractivity contribution in [1.82, 2.24) is 14.7 Å². The molecule has 136 valence electrons. The van der Waals surface area contributed by atoms with E-state index in [-0.39, 0.29) is 5.91 Å². The summed E-state index contributed by atoms with van der Waals surface area (Å²) in [5.74, 6) is -1.54. The molecule has 1 N–H and O–H groups in total. The molecule has 0 spiro atoms. The Morgan fingerprint density at radius 1 is 1.04 bits per heavy atom. The molecule has 3 rings (SSSR count). The van der Waals surface area contributed by atoms with Gasteiger partial charge in [-0.05, 0) is 12.1 Å². The van der Waals surface area contributed by atoms with Gasteiger partial charge in [-0.1, -0.05) is 48.5 Å². The van der Waals surface area contributed by atoms with Crippen molar-refractivity contribution in [1.29, 1.82) is 0 Å². The molecule has 0 bridgehead atoms. The van der Waals surface area contributed by atoms with Gasteiger partial charge in [-0.3, -0.25) is 4.79 Å². The topological polar surface area (TPSA) is 75.4 Å². The normalized spacial score (nSPS) is 10.9. The molecule has 0 radical (unpaired) electrons. The van der Waals surface area contributed by atoms with E-state index >= 15 is 0 Å². The molecule has 0 aliphatic heterocycles. The Morgan fingerprint density at radius 3 is 2.30 bits per heavy atom. The van der Waals surface area contributed by atoms with Gasteiger partial charge in [0.2, 0.25) is 5.91 Å². The van der Waals surface area contributed by atoms with Crippen molar-refractivity contribution >= 4 is 11.9 Å². The summed E-state index contributed by atoms with van der Waals surface area (Å²) in [5, 5.41) is 13.4. The van der Waals surface area contributed by atoms with E-state index < -0.39 is 5.97 Å². The maximum absolute atomic E-state index is 12.1. The van der Waals surface area contributed by atoms with E-state index in [0.29, 0.717) is 6.54 Å². The number of carboxylic acids is 1. The first kappa shape index (κ1) is 18.1. The van der Waals surface area contributed by atoms with Crippen LogP contribution < -0.4 is 0 Å². The minimum absolute atomic E-state index is 0.305. The second-order valence-corrected chi connectivity index (χ2v) is 6.01. The van der Waals surface area contributed by atoms with E-state index in [9.17, 15) is 9.59 Å². The second kappa shape index (κ2) is 8.14. The van der Waals surface area contributed by atoms with Gasteiger partial charge in [0.05, 0.1) is 11.4 Å². The summed E-state index contributed by atoms with van der Waals surface area (Å²) in [4.78, 5) is 24.2. The molecule has 2 aromatic carbocycles. The van der Waals surface area contributed by atoms with E-state index in [1.807, 2.05) is 66.9 Å². The molecule has 1 heterocycles. The third kappa shape index (κ3) is 4.49. The standard InChI is InChI=1S/C21H19N3O3/c1-23(19(25)12-13-20(26)27)14-17-15-24(18-10-6-3-7-11-18)22-21(17)16-8-4-2-5-9-16/h2-13,15H,14H2,1H3,(H,26,27). The summed E-state index contributed by atoms with van der Waals surface area (Å²) in [6, 6.07) is 19.5. The van der Waals surface area contributed by atoms with Gasteiger partial charge in [-0.2, -0.15) is 5.10 Å². The van der Waals surface area contributed by atoms with Gasteiger partial charge in [0.25, 0.3) is 0 Å². The zero-order valence-corrected chi connectivity index (χ0v) is 14.8. The Labute approximate surface area is 157 Å². The maximum atomic E-state index is 12.1. The number of benzene rings is 2. The molecule has 0 saturated carbocycles. The molecular formula is C21H19N3O3. The SMILES string of the molecule is CN(Cc1cn(-c2ccccc2)nc1-c1ccccc1)C(=O)C=CC(=O)O. The summed E-state index contributed by atoms with van der Waals surface area (Å²) in [6.07, 6.45) is 3.78. The molecule has 0 aliphatic carbocycles. The minimum Gasteiger partial charge on any atom is -0.478 e. The van der Waals surface area contributed by atoms with Crippen molar-refractivity contribution in [3.8, 4) is 16.9 Å². The Hall–Kier alpha value is -3.67. The summed E-state index contributed by atoms with van der Waals surface area (Å²) in [6.45, 7) is 0.305. The lowest BCUT2D eigenvalue weighted by Gasteiger charge is -2.14. The zero-order chi connectivity index (χ0) is 19.2.